The van der Waals surface area contributed by atoms with E-state index in [1.807, 2.05) is 0 Å². The molecule has 0 fully saturated rings. The molecule has 0 bridgehead atoms. The molecule has 0 aliphatic rings. The van der Waals surface area contributed by atoms with Crippen LogP contribution in [0.5, 0.6) is 11.5 Å². The van der Waals surface area contributed by atoms with Gasteiger partial charge >= 0.3 is 6.18 Å². The van der Waals surface area contributed by atoms with Gasteiger partial charge in [-0.05, 0) is 42.8 Å². The average molecular weight is 429 g/mol. The number of primary amides is 1. The van der Waals surface area contributed by atoms with Gasteiger partial charge in [-0.3, -0.25) is 9.78 Å². The van der Waals surface area contributed by atoms with E-state index in [2.05, 4.69) is 10.3 Å². The summed E-state index contributed by atoms with van der Waals surface area (Å²) in [5.74, 6) is 0.242. The van der Waals surface area contributed by atoms with E-state index in [0.717, 1.165) is 5.56 Å². The van der Waals surface area contributed by atoms with E-state index in [0.29, 0.717) is 28.3 Å². The van der Waals surface area contributed by atoms with E-state index in [-0.39, 0.29) is 11.3 Å². The van der Waals surface area contributed by atoms with Gasteiger partial charge < -0.3 is 15.8 Å². The fourth-order valence-electron chi connectivity index (χ4n) is 3.05. The Kier molecular flexibility index (Phi) is 5.96. The first-order chi connectivity index (χ1) is 14.6. The number of nitrogens with one attached hydrogen (secondary N) is 1. The predicted octanol–water partition coefficient (Wildman–Crippen LogP) is 3.10. The number of carbonyl (C=O) groups is 1. The van der Waals surface area contributed by atoms with Crippen LogP contribution in [0.25, 0.3) is 11.3 Å². The molecule has 0 saturated heterocycles. The van der Waals surface area contributed by atoms with Crippen molar-refractivity contribution in [2.45, 2.75) is 13.1 Å². The summed E-state index contributed by atoms with van der Waals surface area (Å²) in [5.41, 5.74) is 6.65. The minimum atomic E-state index is -4.64. The lowest BCUT2D eigenvalue weighted by molar-refractivity contribution is -0.166. The molecule has 2 aromatic carbocycles. The third-order valence-electron chi connectivity index (χ3n) is 4.61. The highest BCUT2D eigenvalue weighted by Crippen LogP contribution is 2.31. The minimum absolute atomic E-state index is 0.164. The monoisotopic (exact) mass is 429 g/mol. The fraction of sp³-hybridized carbons (Fsp3) is 0.136. The van der Waals surface area contributed by atoms with Gasteiger partial charge in [0.15, 0.2) is 0 Å². The molecule has 6 nitrogen and oxygen atoms in total. The summed E-state index contributed by atoms with van der Waals surface area (Å²) in [6.45, 7) is 1.77. The molecule has 1 aromatic heterocycles. The standard InChI is InChI=1S/C22H19F3N4O2/c1-12-9-13(3-5-16(12)21(27)30)18-10-15(7-8-29-18)31-14-4-6-17(19(11-14)28-2)20(26)22(23,24)25/h3-11,26,28H,1-2H3,(H2,27,30)/p+1. The average Bonchev–Trinajstić information content (AvgIpc) is 2.72. The molecule has 160 valence electrons. The van der Waals surface area contributed by atoms with Crippen molar-refractivity contribution in [3.63, 3.8) is 0 Å². The topological polar surface area (TPSA) is 103 Å². The molecule has 0 aliphatic carbocycles. The largest absolute Gasteiger partial charge is 0.477 e. The zero-order chi connectivity index (χ0) is 22.8. The first-order valence-electron chi connectivity index (χ1n) is 9.16. The number of hydrogen-bond acceptors (Lipinski definition) is 4. The molecule has 3 rings (SSSR count). The number of anilines is 1. The van der Waals surface area contributed by atoms with Gasteiger partial charge in [-0.2, -0.15) is 13.2 Å². The lowest BCUT2D eigenvalue weighted by Crippen LogP contribution is -2.49. The van der Waals surface area contributed by atoms with Crippen molar-refractivity contribution in [3.05, 3.63) is 71.4 Å². The Labute approximate surface area is 176 Å². The van der Waals surface area contributed by atoms with Crippen LogP contribution < -0.4 is 21.2 Å². The van der Waals surface area contributed by atoms with E-state index >= 15 is 0 Å². The van der Waals surface area contributed by atoms with Crippen LogP contribution in [0.2, 0.25) is 0 Å². The second kappa shape index (κ2) is 8.47. The van der Waals surface area contributed by atoms with E-state index in [1.54, 1.807) is 43.5 Å². The first-order valence-corrected chi connectivity index (χ1v) is 9.16. The lowest BCUT2D eigenvalue weighted by Gasteiger charge is -2.13. The number of nitrogens with zero attached hydrogens (tertiary/aromatic N) is 1. The number of carbonyl (C=O) groups excluding carboxylic acids is 1. The molecular weight excluding hydrogens is 409 g/mol. The van der Waals surface area contributed by atoms with Gasteiger partial charge in [-0.1, -0.05) is 6.07 Å². The Balaban J connectivity index is 1.88. The summed E-state index contributed by atoms with van der Waals surface area (Å²) in [7, 11) is 1.49. The number of nitrogens with two attached hydrogens (primary N) is 2. The first kappa shape index (κ1) is 21.8. The Bertz CT molecular complexity index is 1160. The Hall–Kier alpha value is -3.88. The van der Waals surface area contributed by atoms with Crippen LogP contribution in [-0.2, 0) is 0 Å². The Morgan fingerprint density at radius 3 is 2.35 bits per heavy atom. The zero-order valence-corrected chi connectivity index (χ0v) is 16.7. The van der Waals surface area contributed by atoms with Crippen molar-refractivity contribution in [3.8, 4) is 22.8 Å². The van der Waals surface area contributed by atoms with Crippen molar-refractivity contribution >= 4 is 17.3 Å². The number of rotatable bonds is 6. The number of aryl methyl sites for hydroxylation is 1. The molecule has 0 spiro atoms. The molecule has 5 N–H and O–H groups in total. The summed E-state index contributed by atoms with van der Waals surface area (Å²) in [6.07, 6.45) is -3.10. The maximum absolute atomic E-state index is 12.9. The maximum atomic E-state index is 12.9. The number of hydrogen-bond donors (Lipinski definition) is 3. The second-order valence-corrected chi connectivity index (χ2v) is 6.74. The van der Waals surface area contributed by atoms with Crippen molar-refractivity contribution in [2.75, 3.05) is 12.4 Å². The quantitative estimate of drug-likeness (QED) is 0.524. The smallest absolute Gasteiger partial charge is 0.457 e. The van der Waals surface area contributed by atoms with Crippen LogP contribution in [0, 0.1) is 6.92 Å². The van der Waals surface area contributed by atoms with Crippen molar-refractivity contribution < 1.29 is 28.1 Å². The normalized spacial score (nSPS) is 11.1. The van der Waals surface area contributed by atoms with E-state index in [4.69, 9.17) is 15.9 Å². The molecule has 1 heterocycles. The van der Waals surface area contributed by atoms with Gasteiger partial charge in [0.1, 0.15) is 11.5 Å². The van der Waals surface area contributed by atoms with Crippen LogP contribution in [0.1, 0.15) is 21.5 Å². The van der Waals surface area contributed by atoms with Crippen molar-refractivity contribution in [1.29, 1.82) is 0 Å². The molecule has 0 unspecified atom stereocenters. The van der Waals surface area contributed by atoms with E-state index < -0.39 is 17.8 Å². The van der Waals surface area contributed by atoms with Crippen molar-refractivity contribution in [2.24, 2.45) is 5.73 Å². The molecular formula is C22H20F3N4O2+. The van der Waals surface area contributed by atoms with Crippen LogP contribution in [0.4, 0.5) is 18.9 Å². The Morgan fingerprint density at radius 2 is 1.74 bits per heavy atom. The highest BCUT2D eigenvalue weighted by atomic mass is 19.4. The van der Waals surface area contributed by atoms with Gasteiger partial charge in [-0.15, -0.1) is 0 Å². The molecule has 31 heavy (non-hydrogen) atoms. The summed E-state index contributed by atoms with van der Waals surface area (Å²) in [6, 6.07) is 12.5. The second-order valence-electron chi connectivity index (χ2n) is 6.74. The fourth-order valence-corrected chi connectivity index (χ4v) is 3.05. The number of benzene rings is 2. The van der Waals surface area contributed by atoms with Gasteiger partial charge in [-0.25, -0.2) is 5.41 Å². The summed E-state index contributed by atoms with van der Waals surface area (Å²) in [5, 5.41) is 7.95. The molecule has 0 radical (unpaired) electrons. The third kappa shape index (κ3) is 4.82. The van der Waals surface area contributed by atoms with Gasteiger partial charge in [0.2, 0.25) is 5.91 Å². The molecule has 0 atom stereocenters. The maximum Gasteiger partial charge on any atom is 0.477 e. The van der Waals surface area contributed by atoms with Crippen LogP contribution in [0.3, 0.4) is 0 Å². The highest BCUT2D eigenvalue weighted by molar-refractivity contribution is 6.04. The lowest BCUT2D eigenvalue weighted by atomic mass is 10.0. The molecule has 3 aromatic rings. The SMILES string of the molecule is CNc1cc(Oc2ccnc(-c3ccc(C(N)=O)c(C)c3)c2)ccc1C(=[NH2+])C(F)(F)F. The molecule has 0 saturated carbocycles. The molecule has 0 aliphatic heterocycles. The van der Waals surface area contributed by atoms with Crippen molar-refractivity contribution in [1.82, 2.24) is 4.98 Å². The summed E-state index contributed by atoms with van der Waals surface area (Å²) in [4.78, 5) is 15.7. The van der Waals surface area contributed by atoms with E-state index in [9.17, 15) is 18.0 Å². The number of alkyl halides is 3. The summed E-state index contributed by atoms with van der Waals surface area (Å²) >= 11 is 0. The number of pyridine rings is 1. The minimum Gasteiger partial charge on any atom is -0.457 e. The Morgan fingerprint density at radius 1 is 1.06 bits per heavy atom. The van der Waals surface area contributed by atoms with Gasteiger partial charge in [0.05, 0.1) is 16.9 Å². The van der Waals surface area contributed by atoms with Crippen LogP contribution in [0.15, 0.2) is 54.7 Å². The number of ether oxygens (including phenoxy) is 1. The number of halogens is 3. The number of amides is 1. The zero-order valence-electron chi connectivity index (χ0n) is 16.7. The van der Waals surface area contributed by atoms with Crippen LogP contribution in [-0.4, -0.2) is 29.8 Å². The highest BCUT2D eigenvalue weighted by Gasteiger charge is 2.42. The van der Waals surface area contributed by atoms with Gasteiger partial charge in [0, 0.05) is 36.5 Å². The molecule has 1 amide bonds. The summed E-state index contributed by atoms with van der Waals surface area (Å²) < 4.78 is 44.7. The third-order valence-corrected chi connectivity index (χ3v) is 4.61. The van der Waals surface area contributed by atoms with E-state index in [1.165, 1.54) is 25.2 Å². The number of aromatic nitrogens is 1. The predicted molar refractivity (Wildman–Crippen MR) is 111 cm³/mol. The molecule has 9 heteroatoms. The van der Waals surface area contributed by atoms with Gasteiger partial charge in [0.25, 0.3) is 5.71 Å². The van der Waals surface area contributed by atoms with Crippen LogP contribution >= 0.6 is 0 Å².